The fourth-order valence-electron chi connectivity index (χ4n) is 2.90. The number of para-hydroxylation sites is 2. The van der Waals surface area contributed by atoms with Crippen molar-refractivity contribution in [2.75, 3.05) is 23.7 Å². The van der Waals surface area contributed by atoms with Gasteiger partial charge in [0.2, 0.25) is 5.91 Å². The number of sulfonamides is 1. The van der Waals surface area contributed by atoms with Gasteiger partial charge < -0.3 is 15.4 Å². The molecule has 0 aliphatic carbocycles. The molecule has 0 aliphatic heterocycles. The van der Waals surface area contributed by atoms with Gasteiger partial charge in [0, 0.05) is 5.56 Å². The fraction of sp³-hybridized carbons (Fsp3) is 0.130. The summed E-state index contributed by atoms with van der Waals surface area (Å²) >= 11 is 6.09. The highest BCUT2D eigenvalue weighted by Crippen LogP contribution is 2.26. The van der Waals surface area contributed by atoms with Crippen molar-refractivity contribution in [2.24, 2.45) is 0 Å². The Morgan fingerprint density at radius 1 is 0.970 bits per heavy atom. The second kappa shape index (κ2) is 10.4. The Morgan fingerprint density at radius 3 is 2.33 bits per heavy atom. The third kappa shape index (κ3) is 6.24. The van der Waals surface area contributed by atoms with Crippen LogP contribution in [0.1, 0.15) is 15.9 Å². The van der Waals surface area contributed by atoms with E-state index >= 15 is 0 Å². The molecule has 0 bridgehead atoms. The van der Waals surface area contributed by atoms with Gasteiger partial charge >= 0.3 is 0 Å². The van der Waals surface area contributed by atoms with Crippen molar-refractivity contribution in [3.8, 4) is 5.75 Å². The Morgan fingerprint density at radius 2 is 1.67 bits per heavy atom. The van der Waals surface area contributed by atoms with Crippen LogP contribution in [0.4, 0.5) is 11.4 Å². The fourth-order valence-corrected chi connectivity index (χ4v) is 4.25. The van der Waals surface area contributed by atoms with Crippen molar-refractivity contribution in [1.29, 1.82) is 0 Å². The number of anilines is 2. The molecular formula is C23H22ClN3O5S. The van der Waals surface area contributed by atoms with Crippen LogP contribution in [0.15, 0.2) is 71.6 Å². The van der Waals surface area contributed by atoms with Gasteiger partial charge in [-0.25, -0.2) is 8.42 Å². The first-order valence-corrected chi connectivity index (χ1v) is 11.7. The summed E-state index contributed by atoms with van der Waals surface area (Å²) in [5.41, 5.74) is 1.89. The van der Waals surface area contributed by atoms with Gasteiger partial charge in [0.25, 0.3) is 15.9 Å². The lowest BCUT2D eigenvalue weighted by atomic mass is 10.2. The standard InChI is InChI=1S/C23H22ClN3O5S/c1-15-7-12-19(18(24)13-15)26-22(28)14-25-23(29)16-8-10-17(11-9-16)33(30,31)27-20-5-3-4-6-21(20)32-2/h3-13,27H,14H2,1-2H3,(H,25,29)(H,26,28). The summed E-state index contributed by atoms with van der Waals surface area (Å²) in [6, 6.07) is 17.1. The van der Waals surface area contributed by atoms with Gasteiger partial charge in [-0.3, -0.25) is 14.3 Å². The number of carbonyl (C=O) groups excluding carboxylic acids is 2. The van der Waals surface area contributed by atoms with Crippen molar-refractivity contribution in [1.82, 2.24) is 5.32 Å². The highest BCUT2D eigenvalue weighted by molar-refractivity contribution is 7.92. The largest absolute Gasteiger partial charge is 0.495 e. The van der Waals surface area contributed by atoms with Crippen LogP contribution >= 0.6 is 11.6 Å². The molecule has 0 aromatic heterocycles. The van der Waals surface area contributed by atoms with E-state index in [9.17, 15) is 18.0 Å². The van der Waals surface area contributed by atoms with E-state index < -0.39 is 21.8 Å². The van der Waals surface area contributed by atoms with Crippen molar-refractivity contribution < 1.29 is 22.7 Å². The molecule has 8 nitrogen and oxygen atoms in total. The Bertz CT molecular complexity index is 1280. The summed E-state index contributed by atoms with van der Waals surface area (Å²) in [6.07, 6.45) is 0. The number of hydrogen-bond acceptors (Lipinski definition) is 5. The SMILES string of the molecule is COc1ccccc1NS(=O)(=O)c1ccc(C(=O)NCC(=O)Nc2ccc(C)cc2Cl)cc1. The van der Waals surface area contributed by atoms with E-state index in [2.05, 4.69) is 15.4 Å². The minimum atomic E-state index is -3.89. The summed E-state index contributed by atoms with van der Waals surface area (Å²) in [7, 11) is -2.45. The van der Waals surface area contributed by atoms with Gasteiger partial charge in [-0.1, -0.05) is 29.8 Å². The summed E-state index contributed by atoms with van der Waals surface area (Å²) in [6.45, 7) is 1.60. The van der Waals surface area contributed by atoms with E-state index in [1.54, 1.807) is 42.5 Å². The number of nitrogens with one attached hydrogen (secondary N) is 3. The minimum absolute atomic E-state index is 0.0308. The van der Waals surface area contributed by atoms with Gasteiger partial charge in [0.05, 0.1) is 34.9 Å². The molecule has 0 radical (unpaired) electrons. The lowest BCUT2D eigenvalue weighted by Crippen LogP contribution is -2.32. The van der Waals surface area contributed by atoms with Gasteiger partial charge in [-0.2, -0.15) is 0 Å². The van der Waals surface area contributed by atoms with Gasteiger partial charge in [-0.05, 0) is 61.0 Å². The van der Waals surface area contributed by atoms with Crippen molar-refractivity contribution >= 4 is 44.8 Å². The predicted octanol–water partition coefficient (Wildman–Crippen LogP) is 3.83. The molecule has 0 saturated heterocycles. The molecule has 0 heterocycles. The smallest absolute Gasteiger partial charge is 0.262 e. The van der Waals surface area contributed by atoms with Crippen LogP contribution in [0.25, 0.3) is 0 Å². The summed E-state index contributed by atoms with van der Waals surface area (Å²) in [4.78, 5) is 24.4. The van der Waals surface area contributed by atoms with Crippen LogP contribution in [0.2, 0.25) is 5.02 Å². The number of halogens is 1. The van der Waals surface area contributed by atoms with Crippen molar-refractivity contribution in [2.45, 2.75) is 11.8 Å². The maximum atomic E-state index is 12.7. The number of carbonyl (C=O) groups is 2. The first-order chi connectivity index (χ1) is 15.7. The molecule has 0 spiro atoms. The molecule has 172 valence electrons. The van der Waals surface area contributed by atoms with E-state index in [1.807, 2.05) is 6.92 Å². The van der Waals surface area contributed by atoms with Crippen LogP contribution in [0, 0.1) is 6.92 Å². The number of ether oxygens (including phenoxy) is 1. The quantitative estimate of drug-likeness (QED) is 0.447. The molecule has 3 rings (SSSR count). The molecule has 0 fully saturated rings. The molecule has 0 atom stereocenters. The van der Waals surface area contributed by atoms with Crippen LogP contribution < -0.4 is 20.1 Å². The molecule has 0 saturated carbocycles. The van der Waals surface area contributed by atoms with Gasteiger partial charge in [-0.15, -0.1) is 0 Å². The molecule has 3 N–H and O–H groups in total. The summed E-state index contributed by atoms with van der Waals surface area (Å²) in [5, 5.41) is 5.51. The lowest BCUT2D eigenvalue weighted by molar-refractivity contribution is -0.115. The number of rotatable bonds is 8. The van der Waals surface area contributed by atoms with E-state index in [0.29, 0.717) is 22.1 Å². The number of amides is 2. The van der Waals surface area contributed by atoms with Gasteiger partial charge in [0.15, 0.2) is 0 Å². The monoisotopic (exact) mass is 487 g/mol. The average molecular weight is 488 g/mol. The zero-order valence-electron chi connectivity index (χ0n) is 17.9. The maximum Gasteiger partial charge on any atom is 0.262 e. The molecule has 2 amide bonds. The highest BCUT2D eigenvalue weighted by atomic mass is 35.5. The van der Waals surface area contributed by atoms with Crippen molar-refractivity contribution in [3.63, 3.8) is 0 Å². The topological polar surface area (TPSA) is 114 Å². The van der Waals surface area contributed by atoms with Crippen LogP contribution in [-0.4, -0.2) is 33.9 Å². The van der Waals surface area contributed by atoms with Crippen LogP contribution in [0.5, 0.6) is 5.75 Å². The molecule has 0 unspecified atom stereocenters. The third-order valence-electron chi connectivity index (χ3n) is 4.59. The molecule has 0 aliphatic rings. The Labute approximate surface area is 197 Å². The van der Waals surface area contributed by atoms with E-state index in [0.717, 1.165) is 5.56 Å². The molecule has 3 aromatic carbocycles. The second-order valence-electron chi connectivity index (χ2n) is 7.04. The minimum Gasteiger partial charge on any atom is -0.495 e. The molecule has 10 heteroatoms. The highest BCUT2D eigenvalue weighted by Gasteiger charge is 2.17. The Hall–Kier alpha value is -3.56. The lowest BCUT2D eigenvalue weighted by Gasteiger charge is -2.12. The summed E-state index contributed by atoms with van der Waals surface area (Å²) in [5.74, 6) is -0.599. The average Bonchev–Trinajstić information content (AvgIpc) is 2.79. The number of methoxy groups -OCH3 is 1. The Kier molecular flexibility index (Phi) is 7.57. The Balaban J connectivity index is 1.60. The number of hydrogen-bond donors (Lipinski definition) is 3. The van der Waals surface area contributed by atoms with E-state index in [4.69, 9.17) is 16.3 Å². The maximum absolute atomic E-state index is 12.7. The normalized spacial score (nSPS) is 10.9. The first kappa shape index (κ1) is 24.1. The predicted molar refractivity (Wildman–Crippen MR) is 127 cm³/mol. The number of aryl methyl sites for hydroxylation is 1. The molecular weight excluding hydrogens is 466 g/mol. The third-order valence-corrected chi connectivity index (χ3v) is 6.28. The van der Waals surface area contributed by atoms with E-state index in [1.165, 1.54) is 31.4 Å². The van der Waals surface area contributed by atoms with E-state index in [-0.39, 0.29) is 17.0 Å². The van der Waals surface area contributed by atoms with Crippen molar-refractivity contribution in [3.05, 3.63) is 82.9 Å². The summed E-state index contributed by atoms with van der Waals surface area (Å²) < 4.78 is 32.9. The second-order valence-corrected chi connectivity index (χ2v) is 9.13. The molecule has 3 aromatic rings. The zero-order chi connectivity index (χ0) is 24.0. The van der Waals surface area contributed by atoms with Crippen LogP contribution in [0.3, 0.4) is 0 Å². The zero-order valence-corrected chi connectivity index (χ0v) is 19.5. The number of benzene rings is 3. The first-order valence-electron chi connectivity index (χ1n) is 9.80. The molecule has 33 heavy (non-hydrogen) atoms. The van der Waals surface area contributed by atoms with Gasteiger partial charge in [0.1, 0.15) is 5.75 Å². The van der Waals surface area contributed by atoms with Crippen LogP contribution in [-0.2, 0) is 14.8 Å².